The van der Waals surface area contributed by atoms with E-state index in [0.29, 0.717) is 49.8 Å². The number of amides is 5. The molecular formula is C84H133N9O22S. The van der Waals surface area contributed by atoms with Gasteiger partial charge in [-0.25, -0.2) is 0 Å². The van der Waals surface area contributed by atoms with E-state index in [0.717, 1.165) is 0 Å². The lowest BCUT2D eigenvalue weighted by Crippen LogP contribution is -2.62. The molecule has 0 radical (unpaired) electrons. The lowest BCUT2D eigenvalue weighted by atomic mass is 9.82. The van der Waals surface area contributed by atoms with E-state index < -0.39 is 195 Å². The SMILES string of the molecule is CCC(/C=C/CCCOCCNC(=O)C1C(O)CC2(O)CC(O)CC(O)C(O)CCC(O)CC(O)CC(=O)OC(C)C(C)C(O)C(C)C=CC=CC=CC=CC=CC=CC=CC(OC3OC(C)C(O)C(N)C3O)CC1O2)C(=O)C(CCCN=C(N)N)NC(=O)C(Cc1ccccc1)NC(=O)C(CC(C)C)NC(=O)C(CCSC)NC=O. The smallest absolute Gasteiger partial charge is 0.308 e. The van der Waals surface area contributed by atoms with Gasteiger partial charge in [0.2, 0.25) is 30.0 Å². The number of benzene rings is 1. The molecule has 1 aromatic carbocycles. The first-order chi connectivity index (χ1) is 55.2. The van der Waals surface area contributed by atoms with Gasteiger partial charge >= 0.3 is 5.97 Å². The second-order valence-electron chi connectivity index (χ2n) is 30.7. The van der Waals surface area contributed by atoms with Gasteiger partial charge in [-0.2, -0.15) is 11.8 Å². The molecule has 652 valence electrons. The number of nitrogens with two attached hydrogens (primary N) is 3. The molecule has 0 aliphatic carbocycles. The molecule has 2 fully saturated rings. The van der Waals surface area contributed by atoms with Crippen LogP contribution in [-0.4, -0.2) is 259 Å². The zero-order valence-corrected chi connectivity index (χ0v) is 69.2. The highest BCUT2D eigenvalue weighted by Crippen LogP contribution is 2.39. The molecule has 24 unspecified atom stereocenters. The monoisotopic (exact) mass is 1650 g/mol. The summed E-state index contributed by atoms with van der Waals surface area (Å²) < 4.78 is 30.0. The van der Waals surface area contributed by atoms with Crippen LogP contribution in [0.2, 0.25) is 0 Å². The van der Waals surface area contributed by atoms with Gasteiger partial charge in [-0.05, 0) is 102 Å². The number of thioether (sulfide) groups is 1. The molecular weight excluding hydrogens is 1520 g/mol. The fourth-order valence-electron chi connectivity index (χ4n) is 13.7. The predicted octanol–water partition coefficient (Wildman–Crippen LogP) is 2.36. The van der Waals surface area contributed by atoms with Crippen LogP contribution in [0.5, 0.6) is 0 Å². The van der Waals surface area contributed by atoms with Gasteiger partial charge in [0.25, 0.3) is 0 Å². The number of Topliss-reactive ketones (excluding diaryl/α,β-unsaturated/α-hetero) is 1. The van der Waals surface area contributed by atoms with Crippen molar-refractivity contribution in [3.63, 3.8) is 0 Å². The summed E-state index contributed by atoms with van der Waals surface area (Å²) in [5.41, 5.74) is 18.2. The number of esters is 1. The molecule has 0 saturated carbocycles. The number of nitrogens with one attached hydrogen (secondary N) is 5. The number of carbonyl (C=O) groups excluding carboxylic acids is 7. The second kappa shape index (κ2) is 54.7. The molecule has 1 aromatic rings. The highest BCUT2D eigenvalue weighted by atomic mass is 32.2. The van der Waals surface area contributed by atoms with Crippen molar-refractivity contribution < 1.29 is 108 Å². The van der Waals surface area contributed by atoms with E-state index in [4.69, 9.17) is 40.9 Å². The van der Waals surface area contributed by atoms with Gasteiger partial charge in [0, 0.05) is 69.6 Å². The summed E-state index contributed by atoms with van der Waals surface area (Å²) in [6.07, 6.45) is 10.9. The number of cyclic esters (lactones) is 1. The number of ether oxygens (including phenoxy) is 5. The number of hydrogen-bond acceptors (Lipinski definition) is 25. The average molecular weight is 1650 g/mol. The van der Waals surface area contributed by atoms with Crippen LogP contribution in [0.1, 0.15) is 150 Å². The van der Waals surface area contributed by atoms with Gasteiger partial charge in [-0.15, -0.1) is 0 Å². The molecule has 31 nitrogen and oxygen atoms in total. The number of unbranched alkanes of at least 4 members (excludes halogenated alkanes) is 1. The average Bonchev–Trinajstić information content (AvgIpc) is 0.786. The first-order valence-electron chi connectivity index (χ1n) is 40.4. The molecule has 3 aliphatic heterocycles. The number of allylic oxidation sites excluding steroid dienone is 14. The first-order valence-corrected chi connectivity index (χ1v) is 41.8. The van der Waals surface area contributed by atoms with Crippen molar-refractivity contribution in [2.45, 2.75) is 273 Å². The summed E-state index contributed by atoms with van der Waals surface area (Å²) in [6.45, 7) is 12.6. The lowest BCUT2D eigenvalue weighted by molar-refractivity contribution is -0.307. The van der Waals surface area contributed by atoms with Crippen LogP contribution in [0.4, 0.5) is 0 Å². The fourth-order valence-corrected chi connectivity index (χ4v) is 14.2. The van der Waals surface area contributed by atoms with Crippen molar-refractivity contribution in [3.8, 4) is 0 Å². The van der Waals surface area contributed by atoms with Crippen LogP contribution in [0.15, 0.2) is 133 Å². The number of rotatable bonds is 33. The number of aliphatic imine (C=N–C) groups is 1. The largest absolute Gasteiger partial charge is 0.462 e. The maximum Gasteiger partial charge on any atom is 0.308 e. The Bertz CT molecular complexity index is 3380. The molecule has 0 spiro atoms. The Morgan fingerprint density at radius 2 is 1.32 bits per heavy atom. The Morgan fingerprint density at radius 1 is 0.698 bits per heavy atom. The van der Waals surface area contributed by atoms with E-state index in [9.17, 15) is 84.6 Å². The molecule has 3 heterocycles. The third kappa shape index (κ3) is 37.7. The van der Waals surface area contributed by atoms with Gasteiger partial charge in [-0.3, -0.25) is 38.6 Å². The van der Waals surface area contributed by atoms with E-state index in [1.54, 1.807) is 123 Å². The summed E-state index contributed by atoms with van der Waals surface area (Å²) in [4.78, 5) is 99.7. The third-order valence-electron chi connectivity index (χ3n) is 20.5. The van der Waals surface area contributed by atoms with Gasteiger partial charge in [0.1, 0.15) is 30.3 Å². The fraction of sp³-hybridized carbons (Fsp3) is 0.643. The molecule has 0 aromatic heterocycles. The van der Waals surface area contributed by atoms with E-state index in [2.05, 4.69) is 31.6 Å². The van der Waals surface area contributed by atoms with Gasteiger partial charge in [0.15, 0.2) is 23.8 Å². The summed E-state index contributed by atoms with van der Waals surface area (Å²) >= 11 is 1.49. The topological polar surface area (TPSA) is 519 Å². The van der Waals surface area contributed by atoms with Crippen molar-refractivity contribution >= 4 is 59.5 Å². The van der Waals surface area contributed by atoms with E-state index >= 15 is 0 Å². The van der Waals surface area contributed by atoms with Crippen molar-refractivity contribution in [2.24, 2.45) is 51.8 Å². The highest BCUT2D eigenvalue weighted by Gasteiger charge is 2.51. The Hall–Kier alpha value is -7.35. The number of carbonyl (C=O) groups is 7. The summed E-state index contributed by atoms with van der Waals surface area (Å²) in [6, 6.07) is 3.53. The predicted molar refractivity (Wildman–Crippen MR) is 442 cm³/mol. The minimum atomic E-state index is -2.39. The van der Waals surface area contributed by atoms with Gasteiger partial charge < -0.3 is 119 Å². The Morgan fingerprint density at radius 3 is 1.95 bits per heavy atom. The van der Waals surface area contributed by atoms with E-state index in [-0.39, 0.29) is 94.8 Å². The van der Waals surface area contributed by atoms with Crippen LogP contribution < -0.4 is 43.8 Å². The number of fused-ring (bicyclic) bond motifs is 2. The second-order valence-corrected chi connectivity index (χ2v) is 31.7. The van der Waals surface area contributed by atoms with Crippen LogP contribution in [0.3, 0.4) is 0 Å². The van der Waals surface area contributed by atoms with Crippen molar-refractivity contribution in [2.75, 3.05) is 38.3 Å². The summed E-state index contributed by atoms with van der Waals surface area (Å²) in [5, 5.41) is 126. The van der Waals surface area contributed by atoms with Gasteiger partial charge in [-0.1, -0.05) is 162 Å². The van der Waals surface area contributed by atoms with Crippen LogP contribution >= 0.6 is 11.8 Å². The lowest BCUT2D eigenvalue weighted by Gasteiger charge is -2.46. The number of aliphatic hydroxyl groups excluding tert-OH is 9. The first kappa shape index (κ1) is 101. The van der Waals surface area contributed by atoms with Crippen LogP contribution in [0, 0.1) is 29.6 Å². The van der Waals surface area contributed by atoms with Crippen LogP contribution in [0.25, 0.3) is 0 Å². The molecule has 2 bridgehead atoms. The minimum absolute atomic E-state index is 0.0113. The zero-order valence-electron chi connectivity index (χ0n) is 68.4. The molecule has 116 heavy (non-hydrogen) atoms. The summed E-state index contributed by atoms with van der Waals surface area (Å²) in [5.74, 6) is -8.58. The van der Waals surface area contributed by atoms with Gasteiger partial charge in [0.05, 0.1) is 98.2 Å². The Balaban J connectivity index is 1.54. The molecule has 24 atom stereocenters. The van der Waals surface area contributed by atoms with E-state index in [1.807, 2.05) is 52.2 Å². The van der Waals surface area contributed by atoms with E-state index in [1.165, 1.54) is 18.7 Å². The molecule has 21 N–H and O–H groups in total. The molecule has 2 saturated heterocycles. The maximum absolute atomic E-state index is 14.6. The minimum Gasteiger partial charge on any atom is -0.462 e. The zero-order chi connectivity index (χ0) is 85.9. The standard InChI is InChI=1S/C84H133N9O22S/c1-9-58(76(104)63(34-28-38-89-83(86)87)91-80(108)66(44-57-30-23-20-24-31-57)93-79(107)65(43-52(2)3)92-78(106)64(90-51-94)37-42-116-8)32-25-21-27-40-111-41-39-88-81(109)72-69(100)50-84(110)49-61(97)46-68(99)67(98)36-35-59(95)45-60(96)47-71(101)112-55(6)54(5)74(102)53(4)29-22-18-16-14-12-10-11-13-15-17-19-26-33-62(48-70(72)115-84)114-82-77(105)73(85)75(103)56(7)113-82/h10-20,22-26,29-33,51-56,58-70,72-75,77,82,95-100,102-103,105,110H,9,21,27-28,34-50,85H2,1-8H3,(H,88,109)(H,90,94)(H,91,108)(H,92,106)(H,93,107)(H4,86,87,89)/b11-10?,14-12?,15-13?,18-16?,19-17?,29-22?,32-25+,33-26?. The highest BCUT2D eigenvalue weighted by molar-refractivity contribution is 7.98. The quantitative estimate of drug-likeness (QED) is 0.0120. The molecule has 5 amide bonds. The maximum atomic E-state index is 14.6. The number of nitrogens with zero attached hydrogens (tertiary/aromatic N) is 1. The Kier molecular flexibility index (Phi) is 47.6. The van der Waals surface area contributed by atoms with Crippen molar-refractivity contribution in [3.05, 3.63) is 133 Å². The summed E-state index contributed by atoms with van der Waals surface area (Å²) in [7, 11) is 0. The number of ketones is 1. The molecule has 4 rings (SSSR count). The molecule has 32 heteroatoms. The Labute approximate surface area is 687 Å². The molecule has 3 aliphatic rings. The van der Waals surface area contributed by atoms with Crippen molar-refractivity contribution in [1.29, 1.82) is 0 Å². The normalized spacial score (nSPS) is 29.9. The third-order valence-corrected chi connectivity index (χ3v) is 21.1. The van der Waals surface area contributed by atoms with Crippen LogP contribution in [-0.2, 0) is 63.7 Å². The number of guanidine groups is 1. The number of aliphatic hydroxyl groups is 10. The number of hydrogen-bond donors (Lipinski definition) is 18. The van der Waals surface area contributed by atoms with Crippen molar-refractivity contribution in [1.82, 2.24) is 26.6 Å².